The predicted molar refractivity (Wildman–Crippen MR) is 71.0 cm³/mol. The predicted octanol–water partition coefficient (Wildman–Crippen LogP) is 2.81. The first kappa shape index (κ1) is 12.6. The minimum Gasteiger partial charge on any atom is -0.390 e. The van der Waals surface area contributed by atoms with Crippen molar-refractivity contribution in [1.29, 1.82) is 0 Å². The topological polar surface area (TPSA) is 32.3 Å². The largest absolute Gasteiger partial charge is 0.390 e. The molecule has 0 radical (unpaired) electrons. The van der Waals surface area contributed by atoms with Gasteiger partial charge in [0.15, 0.2) is 0 Å². The maximum atomic E-state index is 9.78. The molecule has 2 N–H and O–H groups in total. The van der Waals surface area contributed by atoms with Gasteiger partial charge in [-0.05, 0) is 44.4 Å². The van der Waals surface area contributed by atoms with E-state index in [0.717, 1.165) is 6.54 Å². The molecule has 0 bridgehead atoms. The van der Waals surface area contributed by atoms with Crippen LogP contribution >= 0.6 is 0 Å². The van der Waals surface area contributed by atoms with Crippen molar-refractivity contribution in [2.24, 2.45) is 0 Å². The van der Waals surface area contributed by atoms with Gasteiger partial charge in [-0.2, -0.15) is 0 Å². The van der Waals surface area contributed by atoms with Crippen LogP contribution in [-0.4, -0.2) is 17.3 Å². The lowest BCUT2D eigenvalue weighted by Crippen LogP contribution is -2.26. The van der Waals surface area contributed by atoms with Crippen LogP contribution in [0.4, 0.5) is 0 Å². The van der Waals surface area contributed by atoms with Crippen molar-refractivity contribution in [3.63, 3.8) is 0 Å². The van der Waals surface area contributed by atoms with Crippen LogP contribution in [0.5, 0.6) is 0 Å². The Balaban J connectivity index is 2.02. The lowest BCUT2D eigenvalue weighted by Gasteiger charge is -2.24. The third-order valence-electron chi connectivity index (χ3n) is 3.33. The summed E-state index contributed by atoms with van der Waals surface area (Å²) < 4.78 is 0. The van der Waals surface area contributed by atoms with Crippen molar-refractivity contribution in [3.8, 4) is 0 Å². The minimum atomic E-state index is -0.620. The summed E-state index contributed by atoms with van der Waals surface area (Å²) in [6.07, 6.45) is 4.58. The Kier molecular flexibility index (Phi) is 3.85. The fourth-order valence-electron chi connectivity index (χ4n) is 2.50. The van der Waals surface area contributed by atoms with Crippen LogP contribution in [0.3, 0.4) is 0 Å². The standard InChI is InChI=1S/C15H23NO/c1-15(2,17)11-12-6-8-13(9-7-12)14-5-3-4-10-16-14/h6-9,14,16-17H,3-5,10-11H2,1-2H3. The van der Waals surface area contributed by atoms with Crippen molar-refractivity contribution >= 4 is 0 Å². The van der Waals surface area contributed by atoms with Crippen LogP contribution in [0.25, 0.3) is 0 Å². The quantitative estimate of drug-likeness (QED) is 0.841. The molecule has 1 aromatic rings. The number of aliphatic hydroxyl groups is 1. The van der Waals surface area contributed by atoms with E-state index in [0.29, 0.717) is 12.5 Å². The van der Waals surface area contributed by atoms with Gasteiger partial charge in [-0.15, -0.1) is 0 Å². The second kappa shape index (κ2) is 5.19. The lowest BCUT2D eigenvalue weighted by molar-refractivity contribution is 0.0810. The molecule has 94 valence electrons. The average Bonchev–Trinajstić information content (AvgIpc) is 2.29. The Morgan fingerprint density at radius 1 is 1.24 bits per heavy atom. The highest BCUT2D eigenvalue weighted by molar-refractivity contribution is 5.26. The summed E-state index contributed by atoms with van der Waals surface area (Å²) in [5, 5.41) is 13.3. The molecule has 1 aliphatic heterocycles. The van der Waals surface area contributed by atoms with Gasteiger partial charge in [0, 0.05) is 12.5 Å². The van der Waals surface area contributed by atoms with Crippen molar-refractivity contribution < 1.29 is 5.11 Å². The summed E-state index contributed by atoms with van der Waals surface area (Å²) in [4.78, 5) is 0. The van der Waals surface area contributed by atoms with Gasteiger partial charge in [-0.25, -0.2) is 0 Å². The number of nitrogens with one attached hydrogen (secondary N) is 1. The molecule has 0 saturated carbocycles. The molecule has 2 rings (SSSR count). The number of piperidine rings is 1. The molecule has 0 aliphatic carbocycles. The lowest BCUT2D eigenvalue weighted by atomic mass is 9.94. The van der Waals surface area contributed by atoms with Crippen LogP contribution in [0.1, 0.15) is 50.3 Å². The molecule has 1 aliphatic rings. The number of benzene rings is 1. The molecule has 1 unspecified atom stereocenters. The first-order valence-corrected chi connectivity index (χ1v) is 6.59. The third kappa shape index (κ3) is 3.83. The van der Waals surface area contributed by atoms with E-state index in [1.165, 1.54) is 30.4 Å². The molecular weight excluding hydrogens is 210 g/mol. The molecule has 17 heavy (non-hydrogen) atoms. The summed E-state index contributed by atoms with van der Waals surface area (Å²) >= 11 is 0. The Morgan fingerprint density at radius 2 is 1.94 bits per heavy atom. The van der Waals surface area contributed by atoms with Gasteiger partial charge in [0.1, 0.15) is 0 Å². The smallest absolute Gasteiger partial charge is 0.0631 e. The molecule has 0 spiro atoms. The van der Waals surface area contributed by atoms with Gasteiger partial charge in [-0.3, -0.25) is 0 Å². The maximum absolute atomic E-state index is 9.78. The molecule has 1 aromatic carbocycles. The van der Waals surface area contributed by atoms with E-state index in [2.05, 4.69) is 29.6 Å². The van der Waals surface area contributed by atoms with E-state index in [4.69, 9.17) is 0 Å². The van der Waals surface area contributed by atoms with Gasteiger partial charge < -0.3 is 10.4 Å². The Labute approximate surface area is 104 Å². The van der Waals surface area contributed by atoms with E-state index in [9.17, 15) is 5.11 Å². The monoisotopic (exact) mass is 233 g/mol. The molecule has 1 saturated heterocycles. The summed E-state index contributed by atoms with van der Waals surface area (Å²) in [7, 11) is 0. The highest BCUT2D eigenvalue weighted by Crippen LogP contribution is 2.23. The second-order valence-corrected chi connectivity index (χ2v) is 5.73. The first-order chi connectivity index (χ1) is 8.04. The Bertz CT molecular complexity index is 344. The molecule has 1 heterocycles. The van der Waals surface area contributed by atoms with Crippen molar-refractivity contribution in [2.45, 2.75) is 51.2 Å². The highest BCUT2D eigenvalue weighted by Gasteiger charge is 2.16. The Hall–Kier alpha value is -0.860. The van der Waals surface area contributed by atoms with Gasteiger partial charge in [0.2, 0.25) is 0 Å². The zero-order valence-electron chi connectivity index (χ0n) is 10.9. The highest BCUT2D eigenvalue weighted by atomic mass is 16.3. The third-order valence-corrected chi connectivity index (χ3v) is 3.33. The van der Waals surface area contributed by atoms with Crippen molar-refractivity contribution in [3.05, 3.63) is 35.4 Å². The molecule has 0 amide bonds. The van der Waals surface area contributed by atoms with E-state index in [1.807, 2.05) is 13.8 Å². The average molecular weight is 233 g/mol. The normalized spacial score (nSPS) is 21.5. The number of hydrogen-bond acceptors (Lipinski definition) is 2. The number of hydrogen-bond donors (Lipinski definition) is 2. The molecule has 0 aromatic heterocycles. The maximum Gasteiger partial charge on any atom is 0.0631 e. The first-order valence-electron chi connectivity index (χ1n) is 6.59. The van der Waals surface area contributed by atoms with Crippen LogP contribution in [0.15, 0.2) is 24.3 Å². The number of rotatable bonds is 3. The van der Waals surface area contributed by atoms with Crippen LogP contribution in [-0.2, 0) is 6.42 Å². The van der Waals surface area contributed by atoms with E-state index >= 15 is 0 Å². The molecule has 2 nitrogen and oxygen atoms in total. The van der Waals surface area contributed by atoms with E-state index < -0.39 is 5.60 Å². The fraction of sp³-hybridized carbons (Fsp3) is 0.600. The van der Waals surface area contributed by atoms with Crippen molar-refractivity contribution in [1.82, 2.24) is 5.32 Å². The fourth-order valence-corrected chi connectivity index (χ4v) is 2.50. The summed E-state index contributed by atoms with van der Waals surface area (Å²) in [6, 6.07) is 9.21. The minimum absolute atomic E-state index is 0.528. The molecular formula is C15H23NO. The van der Waals surface area contributed by atoms with Crippen molar-refractivity contribution in [2.75, 3.05) is 6.54 Å². The van der Waals surface area contributed by atoms with E-state index in [-0.39, 0.29) is 0 Å². The van der Waals surface area contributed by atoms with Crippen LogP contribution in [0, 0.1) is 0 Å². The van der Waals surface area contributed by atoms with Crippen LogP contribution < -0.4 is 5.32 Å². The Morgan fingerprint density at radius 3 is 2.47 bits per heavy atom. The summed E-state index contributed by atoms with van der Waals surface area (Å²) in [5.74, 6) is 0. The summed E-state index contributed by atoms with van der Waals surface area (Å²) in [5.41, 5.74) is 1.96. The molecule has 2 heteroatoms. The SMILES string of the molecule is CC(C)(O)Cc1ccc(C2CCCCN2)cc1. The van der Waals surface area contributed by atoms with Gasteiger partial charge in [0.25, 0.3) is 0 Å². The summed E-state index contributed by atoms with van der Waals surface area (Å²) in [6.45, 7) is 4.84. The molecule has 1 fully saturated rings. The second-order valence-electron chi connectivity index (χ2n) is 5.73. The van der Waals surface area contributed by atoms with Gasteiger partial charge in [0.05, 0.1) is 5.60 Å². The van der Waals surface area contributed by atoms with E-state index in [1.54, 1.807) is 0 Å². The zero-order valence-corrected chi connectivity index (χ0v) is 10.9. The van der Waals surface area contributed by atoms with Gasteiger partial charge in [-0.1, -0.05) is 30.7 Å². The van der Waals surface area contributed by atoms with Gasteiger partial charge >= 0.3 is 0 Å². The van der Waals surface area contributed by atoms with Crippen LogP contribution in [0.2, 0.25) is 0 Å². The zero-order chi connectivity index (χ0) is 12.3. The molecule has 1 atom stereocenters.